The zero-order valence-corrected chi connectivity index (χ0v) is 12.2. The molecule has 1 aliphatic heterocycles. The maximum Gasteiger partial charge on any atom is 0.334 e. The molecule has 7 atom stereocenters. The van der Waals surface area contributed by atoms with Crippen molar-refractivity contribution in [3.63, 3.8) is 0 Å². The Balaban J connectivity index is 1.89. The average molecular weight is 280 g/mol. The fraction of sp³-hybridized carbons (Fsp3) is 0.812. The lowest BCUT2D eigenvalue weighted by Crippen LogP contribution is -2.41. The van der Waals surface area contributed by atoms with E-state index in [4.69, 9.17) is 4.74 Å². The number of esters is 1. The van der Waals surface area contributed by atoms with Crippen molar-refractivity contribution in [1.29, 1.82) is 0 Å². The van der Waals surface area contributed by atoms with Crippen molar-refractivity contribution in [2.75, 3.05) is 0 Å². The van der Waals surface area contributed by atoms with E-state index in [0.29, 0.717) is 17.9 Å². The van der Waals surface area contributed by atoms with E-state index < -0.39 is 12.2 Å². The average Bonchev–Trinajstić information content (AvgIpc) is 2.77. The highest BCUT2D eigenvalue weighted by Gasteiger charge is 2.55. The molecular weight excluding hydrogens is 256 g/mol. The number of rotatable bonds is 0. The molecule has 1 saturated heterocycles. The summed E-state index contributed by atoms with van der Waals surface area (Å²) in [5.41, 5.74) is 0.313. The van der Waals surface area contributed by atoms with Crippen molar-refractivity contribution >= 4 is 5.97 Å². The SMILES string of the molecule is C=C1C(=O)O[C@@H]2C[C@@H](C)[C@@H]3C[C@H](O)[C@H](O)[C@@]3(C)CC[C@H]12. The van der Waals surface area contributed by atoms with Gasteiger partial charge in [-0.3, -0.25) is 0 Å². The number of hydrogen-bond donors (Lipinski definition) is 2. The predicted molar refractivity (Wildman–Crippen MR) is 73.8 cm³/mol. The van der Waals surface area contributed by atoms with Crippen molar-refractivity contribution in [1.82, 2.24) is 0 Å². The van der Waals surface area contributed by atoms with Gasteiger partial charge in [0.05, 0.1) is 12.2 Å². The number of aliphatic hydroxyl groups excluding tert-OH is 2. The quantitative estimate of drug-likeness (QED) is 0.523. The van der Waals surface area contributed by atoms with Gasteiger partial charge in [-0.2, -0.15) is 0 Å². The topological polar surface area (TPSA) is 66.8 Å². The molecule has 0 aromatic heterocycles. The van der Waals surface area contributed by atoms with Gasteiger partial charge in [0.1, 0.15) is 6.10 Å². The summed E-state index contributed by atoms with van der Waals surface area (Å²) < 4.78 is 5.46. The third-order valence-corrected chi connectivity index (χ3v) is 6.08. The van der Waals surface area contributed by atoms with Crippen molar-refractivity contribution in [2.45, 2.75) is 57.8 Å². The van der Waals surface area contributed by atoms with Crippen molar-refractivity contribution in [2.24, 2.45) is 23.2 Å². The molecular formula is C16H24O4. The summed E-state index contributed by atoms with van der Waals surface area (Å²) in [6.45, 7) is 8.10. The number of hydrogen-bond acceptors (Lipinski definition) is 4. The van der Waals surface area contributed by atoms with E-state index in [9.17, 15) is 15.0 Å². The summed E-state index contributed by atoms with van der Waals surface area (Å²) >= 11 is 0. The monoisotopic (exact) mass is 280 g/mol. The number of carbonyl (C=O) groups excluding carboxylic acids is 1. The Morgan fingerprint density at radius 1 is 1.35 bits per heavy atom. The second kappa shape index (κ2) is 4.57. The first kappa shape index (κ1) is 14.1. The second-order valence-corrected chi connectivity index (χ2v) is 7.19. The summed E-state index contributed by atoms with van der Waals surface area (Å²) in [6.07, 6.45) is 1.69. The van der Waals surface area contributed by atoms with Crippen molar-refractivity contribution in [3.8, 4) is 0 Å². The molecule has 3 fully saturated rings. The first-order chi connectivity index (χ1) is 9.34. The molecule has 2 saturated carbocycles. The standard InChI is InChI=1S/C16H24O4/c1-8-6-13-10(9(2)15(19)20-13)4-5-16(3)11(8)7-12(17)14(16)18/h8,10-14,17-18H,2,4-7H2,1,3H3/t8-,10-,11+,12+,13-,14+,16+/m1/s1. The van der Waals surface area contributed by atoms with Crippen LogP contribution in [0, 0.1) is 23.2 Å². The highest BCUT2D eigenvalue weighted by atomic mass is 16.6. The van der Waals surface area contributed by atoms with E-state index in [2.05, 4.69) is 20.4 Å². The van der Waals surface area contributed by atoms with Gasteiger partial charge >= 0.3 is 5.97 Å². The van der Waals surface area contributed by atoms with Gasteiger partial charge in [-0.25, -0.2) is 4.79 Å². The number of carbonyl (C=O) groups is 1. The summed E-state index contributed by atoms with van der Waals surface area (Å²) in [5, 5.41) is 20.4. The molecule has 0 unspecified atom stereocenters. The van der Waals surface area contributed by atoms with Crippen molar-refractivity contribution in [3.05, 3.63) is 12.2 Å². The minimum atomic E-state index is -0.669. The first-order valence-corrected chi connectivity index (χ1v) is 7.60. The first-order valence-electron chi connectivity index (χ1n) is 7.60. The summed E-state index contributed by atoms with van der Waals surface area (Å²) in [4.78, 5) is 11.7. The highest BCUT2D eigenvalue weighted by Crippen LogP contribution is 2.54. The zero-order chi connectivity index (χ0) is 14.7. The minimum Gasteiger partial charge on any atom is -0.458 e. The van der Waals surface area contributed by atoms with E-state index in [0.717, 1.165) is 19.3 Å². The van der Waals surface area contributed by atoms with Crippen LogP contribution in [-0.2, 0) is 9.53 Å². The summed E-state index contributed by atoms with van der Waals surface area (Å²) in [6, 6.07) is 0. The molecule has 1 heterocycles. The maximum absolute atomic E-state index is 11.7. The highest BCUT2D eigenvalue weighted by molar-refractivity contribution is 5.90. The Morgan fingerprint density at radius 2 is 2.05 bits per heavy atom. The van der Waals surface area contributed by atoms with Gasteiger partial charge in [0.15, 0.2) is 0 Å². The number of aliphatic hydroxyl groups is 2. The lowest BCUT2D eigenvalue weighted by atomic mass is 9.64. The van der Waals surface area contributed by atoms with Crippen LogP contribution in [0.2, 0.25) is 0 Å². The lowest BCUT2D eigenvalue weighted by Gasteiger charge is -2.41. The van der Waals surface area contributed by atoms with E-state index in [1.54, 1.807) is 0 Å². The van der Waals surface area contributed by atoms with Crippen LogP contribution in [0.4, 0.5) is 0 Å². The molecule has 0 aromatic rings. The molecule has 3 aliphatic rings. The van der Waals surface area contributed by atoms with Gasteiger partial charge in [-0.1, -0.05) is 20.4 Å². The third-order valence-electron chi connectivity index (χ3n) is 6.08. The zero-order valence-electron chi connectivity index (χ0n) is 12.2. The molecule has 2 aliphatic carbocycles. The largest absolute Gasteiger partial charge is 0.458 e. The van der Waals surface area contributed by atoms with Gasteiger partial charge in [-0.15, -0.1) is 0 Å². The molecule has 0 amide bonds. The molecule has 0 aromatic carbocycles. The van der Waals surface area contributed by atoms with Crippen LogP contribution in [0.5, 0.6) is 0 Å². The van der Waals surface area contributed by atoms with Gasteiger partial charge in [0.25, 0.3) is 0 Å². The molecule has 0 spiro atoms. The Labute approximate surface area is 119 Å². The molecule has 4 heteroatoms. The van der Waals surface area contributed by atoms with Gasteiger partial charge in [0.2, 0.25) is 0 Å². The van der Waals surface area contributed by atoms with E-state index in [1.807, 2.05) is 0 Å². The van der Waals surface area contributed by atoms with Crippen LogP contribution in [0.25, 0.3) is 0 Å². The van der Waals surface area contributed by atoms with Crippen LogP contribution in [0.1, 0.15) is 39.5 Å². The normalized spacial score (nSPS) is 52.0. The van der Waals surface area contributed by atoms with Crippen LogP contribution in [0.3, 0.4) is 0 Å². The van der Waals surface area contributed by atoms with Gasteiger partial charge in [0, 0.05) is 11.5 Å². The van der Waals surface area contributed by atoms with Gasteiger partial charge in [-0.05, 0) is 42.9 Å². The minimum absolute atomic E-state index is 0.0653. The van der Waals surface area contributed by atoms with Crippen LogP contribution < -0.4 is 0 Å². The predicted octanol–water partition coefficient (Wildman–Crippen LogP) is 1.65. The van der Waals surface area contributed by atoms with E-state index in [1.165, 1.54) is 0 Å². The van der Waals surface area contributed by atoms with Crippen LogP contribution in [-0.4, -0.2) is 34.5 Å². The number of ether oxygens (including phenoxy) is 1. The third kappa shape index (κ3) is 1.85. The van der Waals surface area contributed by atoms with Gasteiger partial charge < -0.3 is 14.9 Å². The molecule has 2 N–H and O–H groups in total. The van der Waals surface area contributed by atoms with E-state index in [-0.39, 0.29) is 29.3 Å². The molecule has 0 bridgehead atoms. The maximum atomic E-state index is 11.7. The summed E-state index contributed by atoms with van der Waals surface area (Å²) in [7, 11) is 0. The molecule has 3 rings (SSSR count). The van der Waals surface area contributed by atoms with Crippen molar-refractivity contribution < 1.29 is 19.7 Å². The second-order valence-electron chi connectivity index (χ2n) is 7.19. The van der Waals surface area contributed by atoms with Crippen LogP contribution in [0.15, 0.2) is 12.2 Å². The number of fused-ring (bicyclic) bond motifs is 2. The molecule has 4 nitrogen and oxygen atoms in total. The smallest absolute Gasteiger partial charge is 0.334 e. The van der Waals surface area contributed by atoms with E-state index >= 15 is 0 Å². The fourth-order valence-electron chi connectivity index (χ4n) is 4.77. The Bertz CT molecular complexity index is 446. The molecule has 20 heavy (non-hydrogen) atoms. The molecule has 0 radical (unpaired) electrons. The Hall–Kier alpha value is -0.870. The fourth-order valence-corrected chi connectivity index (χ4v) is 4.77. The lowest BCUT2D eigenvalue weighted by molar-refractivity contribution is -0.140. The Morgan fingerprint density at radius 3 is 2.75 bits per heavy atom. The summed E-state index contributed by atoms with van der Waals surface area (Å²) in [5.74, 6) is 0.414. The Kier molecular flexibility index (Phi) is 3.22. The molecule has 112 valence electrons. The van der Waals surface area contributed by atoms with Crippen LogP contribution >= 0.6 is 0 Å².